The number of thiazole rings is 1. The van der Waals surface area contributed by atoms with Crippen LogP contribution in [0.4, 0.5) is 11.8 Å². The van der Waals surface area contributed by atoms with Gasteiger partial charge in [-0.1, -0.05) is 38.0 Å². The van der Waals surface area contributed by atoms with Crippen molar-refractivity contribution >= 4 is 29.2 Å². The third-order valence-electron chi connectivity index (χ3n) is 5.15. The van der Waals surface area contributed by atoms with Crippen LogP contribution in [-0.4, -0.2) is 28.0 Å². The monoisotopic (exact) mass is 395 g/mol. The van der Waals surface area contributed by atoms with E-state index < -0.39 is 0 Å². The zero-order valence-corrected chi connectivity index (χ0v) is 17.6. The molecule has 1 fully saturated rings. The molecule has 0 radical (unpaired) electrons. The van der Waals surface area contributed by atoms with E-state index in [0.29, 0.717) is 0 Å². The van der Waals surface area contributed by atoms with Crippen LogP contribution in [0.3, 0.4) is 0 Å². The Morgan fingerprint density at radius 3 is 2.82 bits per heavy atom. The van der Waals surface area contributed by atoms with Gasteiger partial charge in [0.25, 0.3) is 0 Å². The van der Waals surface area contributed by atoms with Crippen LogP contribution in [0.2, 0.25) is 0 Å². The summed E-state index contributed by atoms with van der Waals surface area (Å²) in [5.74, 6) is 2.43. The SMILES string of the molecule is CCCCCNc1nc(NCC2CC2)nc(C)c1-c1nc2c(s1)CC=CC=C2. The average Bonchev–Trinajstić information content (AvgIpc) is 3.47. The molecular formula is C22H29N5S. The van der Waals surface area contributed by atoms with Gasteiger partial charge in [-0.05, 0) is 38.2 Å². The smallest absolute Gasteiger partial charge is 0.224 e. The van der Waals surface area contributed by atoms with Gasteiger partial charge in [-0.25, -0.2) is 9.97 Å². The molecule has 2 N–H and O–H groups in total. The fourth-order valence-corrected chi connectivity index (χ4v) is 4.44. The number of nitrogens with zero attached hydrogens (tertiary/aromatic N) is 3. The van der Waals surface area contributed by atoms with Gasteiger partial charge in [0.15, 0.2) is 0 Å². The van der Waals surface area contributed by atoms with Crippen LogP contribution in [0.1, 0.15) is 55.3 Å². The van der Waals surface area contributed by atoms with Gasteiger partial charge in [-0.15, -0.1) is 11.3 Å². The maximum Gasteiger partial charge on any atom is 0.224 e. The van der Waals surface area contributed by atoms with Crippen molar-refractivity contribution in [1.29, 1.82) is 0 Å². The van der Waals surface area contributed by atoms with Crippen LogP contribution in [0.15, 0.2) is 18.2 Å². The Morgan fingerprint density at radius 2 is 2.00 bits per heavy atom. The lowest BCUT2D eigenvalue weighted by atomic mass is 10.2. The molecule has 6 heteroatoms. The molecule has 4 rings (SSSR count). The van der Waals surface area contributed by atoms with Crippen molar-refractivity contribution in [2.75, 3.05) is 23.7 Å². The van der Waals surface area contributed by atoms with E-state index in [1.54, 1.807) is 11.3 Å². The summed E-state index contributed by atoms with van der Waals surface area (Å²) in [4.78, 5) is 15.8. The highest BCUT2D eigenvalue weighted by molar-refractivity contribution is 7.15. The fraction of sp³-hybridized carbons (Fsp3) is 0.500. The Morgan fingerprint density at radius 1 is 1.11 bits per heavy atom. The molecule has 2 aliphatic rings. The van der Waals surface area contributed by atoms with Crippen molar-refractivity contribution in [1.82, 2.24) is 15.0 Å². The molecule has 2 heterocycles. The van der Waals surface area contributed by atoms with Gasteiger partial charge in [0.1, 0.15) is 10.8 Å². The molecule has 0 unspecified atom stereocenters. The third-order valence-corrected chi connectivity index (χ3v) is 6.27. The van der Waals surface area contributed by atoms with E-state index in [4.69, 9.17) is 15.0 Å². The highest BCUT2D eigenvalue weighted by Gasteiger charge is 2.23. The molecule has 5 nitrogen and oxygen atoms in total. The van der Waals surface area contributed by atoms with E-state index in [1.165, 1.54) is 30.6 Å². The van der Waals surface area contributed by atoms with Crippen LogP contribution < -0.4 is 10.6 Å². The van der Waals surface area contributed by atoms with E-state index in [-0.39, 0.29) is 0 Å². The van der Waals surface area contributed by atoms with Crippen molar-refractivity contribution in [3.05, 3.63) is 34.5 Å². The lowest BCUT2D eigenvalue weighted by molar-refractivity contribution is 0.742. The first-order valence-electron chi connectivity index (χ1n) is 10.4. The van der Waals surface area contributed by atoms with Crippen molar-refractivity contribution < 1.29 is 0 Å². The summed E-state index contributed by atoms with van der Waals surface area (Å²) >= 11 is 1.75. The largest absolute Gasteiger partial charge is 0.369 e. The van der Waals surface area contributed by atoms with E-state index in [9.17, 15) is 0 Å². The average molecular weight is 396 g/mol. The number of hydrogen-bond acceptors (Lipinski definition) is 6. The molecule has 28 heavy (non-hydrogen) atoms. The third kappa shape index (κ3) is 4.61. The van der Waals surface area contributed by atoms with Gasteiger partial charge >= 0.3 is 0 Å². The topological polar surface area (TPSA) is 62.7 Å². The standard InChI is InChI=1S/C22H29N5S/c1-3-4-8-13-23-20-19(15(2)25-22(27-20)24-14-16-11-12-16)21-26-17-9-6-5-7-10-18(17)28-21/h5-7,9,16H,3-4,8,10-14H2,1-2H3,(H2,23,24,25,27). The molecule has 0 atom stereocenters. The minimum atomic E-state index is 0.729. The van der Waals surface area contributed by atoms with E-state index >= 15 is 0 Å². The number of anilines is 2. The first-order chi connectivity index (χ1) is 13.7. The molecular weight excluding hydrogens is 366 g/mol. The van der Waals surface area contributed by atoms with Crippen LogP contribution in [0.5, 0.6) is 0 Å². The zero-order chi connectivity index (χ0) is 19.3. The number of fused-ring (bicyclic) bond motifs is 1. The minimum absolute atomic E-state index is 0.729. The van der Waals surface area contributed by atoms with Crippen LogP contribution in [0, 0.1) is 12.8 Å². The molecule has 0 saturated heterocycles. The summed E-state index contributed by atoms with van der Waals surface area (Å²) in [6.45, 7) is 6.19. The van der Waals surface area contributed by atoms with Crippen LogP contribution >= 0.6 is 11.3 Å². The first kappa shape index (κ1) is 19.1. The number of hydrogen-bond donors (Lipinski definition) is 2. The Kier molecular flexibility index (Phi) is 6.05. The molecule has 2 aromatic rings. The lowest BCUT2D eigenvalue weighted by Gasteiger charge is -2.14. The summed E-state index contributed by atoms with van der Waals surface area (Å²) in [6.07, 6.45) is 15.6. The molecule has 148 valence electrons. The second kappa shape index (κ2) is 8.86. The normalized spacial score (nSPS) is 15.4. The van der Waals surface area contributed by atoms with Gasteiger partial charge in [0.2, 0.25) is 5.95 Å². The predicted molar refractivity (Wildman–Crippen MR) is 119 cm³/mol. The quantitative estimate of drug-likeness (QED) is 0.552. The maximum absolute atomic E-state index is 4.91. The zero-order valence-electron chi connectivity index (χ0n) is 16.8. The number of allylic oxidation sites excluding steroid dienone is 3. The highest BCUT2D eigenvalue weighted by Crippen LogP contribution is 2.36. The molecule has 0 aromatic carbocycles. The highest BCUT2D eigenvalue weighted by atomic mass is 32.1. The van der Waals surface area contributed by atoms with Crippen LogP contribution in [-0.2, 0) is 6.42 Å². The molecule has 0 spiro atoms. The van der Waals surface area contributed by atoms with Gasteiger partial charge in [-0.3, -0.25) is 0 Å². The van der Waals surface area contributed by atoms with Crippen molar-refractivity contribution in [2.24, 2.45) is 5.92 Å². The second-order valence-electron chi connectivity index (χ2n) is 7.63. The molecule has 2 aliphatic carbocycles. The van der Waals surface area contributed by atoms with Gasteiger partial charge < -0.3 is 10.6 Å². The summed E-state index contributed by atoms with van der Waals surface area (Å²) < 4.78 is 0. The van der Waals surface area contributed by atoms with Crippen LogP contribution in [0.25, 0.3) is 16.6 Å². The van der Waals surface area contributed by atoms with E-state index in [2.05, 4.69) is 48.8 Å². The number of nitrogens with one attached hydrogen (secondary N) is 2. The predicted octanol–water partition coefficient (Wildman–Crippen LogP) is 5.46. The van der Waals surface area contributed by atoms with Crippen molar-refractivity contribution in [3.63, 3.8) is 0 Å². The molecule has 2 aromatic heterocycles. The summed E-state index contributed by atoms with van der Waals surface area (Å²) in [5.41, 5.74) is 3.09. The lowest BCUT2D eigenvalue weighted by Crippen LogP contribution is -2.12. The Hall–Kier alpha value is -2.21. The maximum atomic E-state index is 4.91. The van der Waals surface area contributed by atoms with Gasteiger partial charge in [0.05, 0.1) is 17.0 Å². The number of rotatable bonds is 9. The fourth-order valence-electron chi connectivity index (χ4n) is 3.32. The van der Waals surface area contributed by atoms with E-state index in [1.807, 2.05) is 0 Å². The van der Waals surface area contributed by atoms with Gasteiger partial charge in [-0.2, -0.15) is 4.98 Å². The number of aryl methyl sites for hydroxylation is 1. The first-order valence-corrected chi connectivity index (χ1v) is 11.3. The number of unbranched alkanes of at least 4 members (excludes halogenated alkanes) is 2. The summed E-state index contributed by atoms with van der Waals surface area (Å²) in [7, 11) is 0. The minimum Gasteiger partial charge on any atom is -0.369 e. The van der Waals surface area contributed by atoms with Crippen molar-refractivity contribution in [3.8, 4) is 10.6 Å². The summed E-state index contributed by atoms with van der Waals surface area (Å²) in [6, 6.07) is 0. The summed E-state index contributed by atoms with van der Waals surface area (Å²) in [5, 5.41) is 8.00. The molecule has 0 aliphatic heterocycles. The second-order valence-corrected chi connectivity index (χ2v) is 8.72. The molecule has 1 saturated carbocycles. The number of aromatic nitrogens is 3. The Bertz CT molecular complexity index is 879. The van der Waals surface area contributed by atoms with Gasteiger partial charge in [0, 0.05) is 24.4 Å². The molecule has 0 amide bonds. The Balaban J connectivity index is 1.63. The molecule has 0 bridgehead atoms. The Labute approximate surface area is 171 Å². The van der Waals surface area contributed by atoms with E-state index in [0.717, 1.165) is 65.6 Å². The van der Waals surface area contributed by atoms with Crippen molar-refractivity contribution in [2.45, 2.75) is 52.4 Å².